The van der Waals surface area contributed by atoms with Gasteiger partial charge >= 0.3 is 0 Å². The molecule has 4 nitrogen and oxygen atoms in total. The third-order valence-corrected chi connectivity index (χ3v) is 4.45. The Morgan fingerprint density at radius 2 is 1.78 bits per heavy atom. The fourth-order valence-corrected chi connectivity index (χ4v) is 2.90. The highest BCUT2D eigenvalue weighted by Gasteiger charge is 2.24. The van der Waals surface area contributed by atoms with Gasteiger partial charge in [0, 0.05) is 43.6 Å². The van der Waals surface area contributed by atoms with Crippen molar-refractivity contribution in [2.75, 3.05) is 31.1 Å². The molecule has 2 heterocycles. The Morgan fingerprint density at radius 1 is 1.09 bits per heavy atom. The summed E-state index contributed by atoms with van der Waals surface area (Å²) < 4.78 is 13.9. The van der Waals surface area contributed by atoms with Crippen molar-refractivity contribution in [3.8, 4) is 0 Å². The molecule has 0 unspecified atom stereocenters. The molecule has 2 aromatic rings. The van der Waals surface area contributed by atoms with E-state index < -0.39 is 0 Å². The van der Waals surface area contributed by atoms with Gasteiger partial charge in [0.25, 0.3) is 5.91 Å². The molecule has 1 aliphatic heterocycles. The Balaban J connectivity index is 1.71. The second-order valence-corrected chi connectivity index (χ2v) is 5.80. The molecular weight excluding hydrogens is 293 g/mol. The van der Waals surface area contributed by atoms with Crippen LogP contribution in [0.4, 0.5) is 10.1 Å². The third-order valence-electron chi connectivity index (χ3n) is 4.45. The van der Waals surface area contributed by atoms with E-state index in [9.17, 15) is 9.18 Å². The van der Waals surface area contributed by atoms with Gasteiger partial charge in [0.2, 0.25) is 0 Å². The van der Waals surface area contributed by atoms with Crippen LogP contribution in [0.5, 0.6) is 0 Å². The zero-order valence-corrected chi connectivity index (χ0v) is 13.4. The van der Waals surface area contributed by atoms with E-state index in [0.29, 0.717) is 37.4 Å². The fourth-order valence-electron chi connectivity index (χ4n) is 2.90. The molecule has 0 N–H and O–H groups in total. The lowest BCUT2D eigenvalue weighted by Gasteiger charge is -2.36. The maximum Gasteiger partial charge on any atom is 0.254 e. The largest absolute Gasteiger partial charge is 0.366 e. The van der Waals surface area contributed by atoms with Crippen molar-refractivity contribution in [1.29, 1.82) is 0 Å². The predicted molar refractivity (Wildman–Crippen MR) is 88.2 cm³/mol. The lowest BCUT2D eigenvalue weighted by atomic mass is 10.1. The molecule has 0 saturated carbocycles. The van der Waals surface area contributed by atoms with Crippen LogP contribution in [-0.4, -0.2) is 42.0 Å². The number of aromatic nitrogens is 1. The summed E-state index contributed by atoms with van der Waals surface area (Å²) in [7, 11) is 0. The molecule has 1 amide bonds. The molecule has 0 atom stereocenters. The van der Waals surface area contributed by atoms with Gasteiger partial charge in [-0.2, -0.15) is 0 Å². The van der Waals surface area contributed by atoms with E-state index in [1.165, 1.54) is 6.07 Å². The summed E-state index contributed by atoms with van der Waals surface area (Å²) in [5.74, 6) is -0.186. The first-order valence-corrected chi connectivity index (χ1v) is 7.79. The standard InChI is InChI=1S/C18H20FN3O/c1-13-14(2)20-8-7-15(13)18(23)22-11-9-21(10-12-22)17-6-4-3-5-16(17)19/h3-8H,9-12H2,1-2H3. The number of benzene rings is 1. The lowest BCUT2D eigenvalue weighted by Crippen LogP contribution is -2.49. The van der Waals surface area contributed by atoms with E-state index in [-0.39, 0.29) is 11.7 Å². The first-order chi connectivity index (χ1) is 11.1. The topological polar surface area (TPSA) is 36.4 Å². The van der Waals surface area contributed by atoms with Gasteiger partial charge < -0.3 is 9.80 Å². The lowest BCUT2D eigenvalue weighted by molar-refractivity contribution is 0.0745. The van der Waals surface area contributed by atoms with E-state index in [1.54, 1.807) is 24.4 Å². The average Bonchev–Trinajstić information content (AvgIpc) is 2.57. The molecule has 0 spiro atoms. The number of para-hydroxylation sites is 1. The first-order valence-electron chi connectivity index (χ1n) is 7.79. The van der Waals surface area contributed by atoms with E-state index in [1.807, 2.05) is 29.7 Å². The highest BCUT2D eigenvalue weighted by atomic mass is 19.1. The summed E-state index contributed by atoms with van der Waals surface area (Å²) in [6.45, 7) is 6.28. The molecule has 1 saturated heterocycles. The molecule has 3 rings (SSSR count). The predicted octanol–water partition coefficient (Wildman–Crippen LogP) is 2.80. The molecule has 23 heavy (non-hydrogen) atoms. The maximum absolute atomic E-state index is 13.9. The van der Waals surface area contributed by atoms with Gasteiger partial charge in [-0.05, 0) is 37.6 Å². The summed E-state index contributed by atoms with van der Waals surface area (Å²) >= 11 is 0. The second kappa shape index (κ2) is 6.36. The van der Waals surface area contributed by atoms with Gasteiger partial charge in [0.1, 0.15) is 5.82 Å². The normalized spacial score (nSPS) is 14.9. The van der Waals surface area contributed by atoms with Crippen LogP contribution in [0.15, 0.2) is 36.5 Å². The minimum atomic E-state index is -0.215. The van der Waals surface area contributed by atoms with E-state index in [2.05, 4.69) is 4.98 Å². The molecule has 0 aliphatic carbocycles. The SMILES string of the molecule is Cc1nccc(C(=O)N2CCN(c3ccccc3F)CC2)c1C. The van der Waals surface area contributed by atoms with Crippen molar-refractivity contribution in [2.45, 2.75) is 13.8 Å². The minimum Gasteiger partial charge on any atom is -0.366 e. The van der Waals surface area contributed by atoms with E-state index in [0.717, 1.165) is 11.3 Å². The second-order valence-electron chi connectivity index (χ2n) is 5.80. The molecule has 1 aromatic heterocycles. The Kier molecular flexibility index (Phi) is 4.28. The number of anilines is 1. The smallest absolute Gasteiger partial charge is 0.254 e. The Hall–Kier alpha value is -2.43. The van der Waals surface area contributed by atoms with Crippen molar-refractivity contribution >= 4 is 11.6 Å². The molecule has 1 aromatic carbocycles. The van der Waals surface area contributed by atoms with Gasteiger partial charge in [0.05, 0.1) is 5.69 Å². The quantitative estimate of drug-likeness (QED) is 0.855. The average molecular weight is 313 g/mol. The van der Waals surface area contributed by atoms with Crippen LogP contribution in [0.1, 0.15) is 21.6 Å². The van der Waals surface area contributed by atoms with Crippen molar-refractivity contribution in [2.24, 2.45) is 0 Å². The summed E-state index contributed by atoms with van der Waals surface area (Å²) in [5, 5.41) is 0. The van der Waals surface area contributed by atoms with E-state index >= 15 is 0 Å². The Labute approximate surface area is 135 Å². The van der Waals surface area contributed by atoms with Crippen LogP contribution in [0.2, 0.25) is 0 Å². The van der Waals surface area contributed by atoms with Crippen molar-refractivity contribution < 1.29 is 9.18 Å². The van der Waals surface area contributed by atoms with Gasteiger partial charge in [0.15, 0.2) is 0 Å². The molecule has 1 aliphatic rings. The fraction of sp³-hybridized carbons (Fsp3) is 0.333. The van der Waals surface area contributed by atoms with Crippen LogP contribution in [0, 0.1) is 19.7 Å². The number of piperazine rings is 1. The summed E-state index contributed by atoms with van der Waals surface area (Å²) in [4.78, 5) is 20.7. The van der Waals surface area contributed by atoms with Gasteiger partial charge in [-0.1, -0.05) is 12.1 Å². The number of carbonyl (C=O) groups excluding carboxylic acids is 1. The molecule has 1 fully saturated rings. The number of pyridine rings is 1. The Bertz CT molecular complexity index is 724. The minimum absolute atomic E-state index is 0.0289. The van der Waals surface area contributed by atoms with Crippen LogP contribution < -0.4 is 4.90 Å². The number of hydrogen-bond acceptors (Lipinski definition) is 3. The van der Waals surface area contributed by atoms with Gasteiger partial charge in [-0.3, -0.25) is 9.78 Å². The summed E-state index contributed by atoms with van der Waals surface area (Å²) in [6.07, 6.45) is 1.67. The van der Waals surface area contributed by atoms with Crippen LogP contribution in [-0.2, 0) is 0 Å². The number of nitrogens with zero attached hydrogens (tertiary/aromatic N) is 3. The number of rotatable bonds is 2. The number of aryl methyl sites for hydroxylation is 1. The summed E-state index contributed by atoms with van der Waals surface area (Å²) in [6, 6.07) is 8.54. The highest BCUT2D eigenvalue weighted by Crippen LogP contribution is 2.21. The first kappa shape index (κ1) is 15.5. The zero-order chi connectivity index (χ0) is 16.4. The van der Waals surface area contributed by atoms with Gasteiger partial charge in [-0.25, -0.2) is 4.39 Å². The summed E-state index contributed by atoms with van der Waals surface area (Å²) in [5.41, 5.74) is 3.11. The van der Waals surface area contributed by atoms with Crippen molar-refractivity contribution in [3.05, 3.63) is 59.2 Å². The third kappa shape index (κ3) is 3.04. The number of amides is 1. The molecule has 5 heteroatoms. The monoisotopic (exact) mass is 313 g/mol. The van der Waals surface area contributed by atoms with Crippen LogP contribution in [0.25, 0.3) is 0 Å². The van der Waals surface area contributed by atoms with Crippen molar-refractivity contribution in [3.63, 3.8) is 0 Å². The van der Waals surface area contributed by atoms with E-state index in [4.69, 9.17) is 0 Å². The molecular formula is C18H20FN3O. The maximum atomic E-state index is 13.9. The number of halogens is 1. The number of carbonyl (C=O) groups is 1. The molecule has 0 bridgehead atoms. The highest BCUT2D eigenvalue weighted by molar-refractivity contribution is 5.95. The number of hydrogen-bond donors (Lipinski definition) is 0. The Morgan fingerprint density at radius 3 is 2.48 bits per heavy atom. The van der Waals surface area contributed by atoms with Crippen molar-refractivity contribution in [1.82, 2.24) is 9.88 Å². The zero-order valence-electron chi connectivity index (χ0n) is 13.4. The van der Waals surface area contributed by atoms with Crippen LogP contribution in [0.3, 0.4) is 0 Å². The molecule has 120 valence electrons. The molecule has 0 radical (unpaired) electrons. The van der Waals surface area contributed by atoms with Gasteiger partial charge in [-0.15, -0.1) is 0 Å². The van der Waals surface area contributed by atoms with Crippen LogP contribution >= 0.6 is 0 Å².